The summed E-state index contributed by atoms with van der Waals surface area (Å²) in [5.74, 6) is 0.305. The molecular weight excluding hydrogens is 424 g/mol. The largest absolute Gasteiger partial charge is 0.478 e. The Morgan fingerprint density at radius 2 is 1.74 bits per heavy atom. The van der Waals surface area contributed by atoms with Gasteiger partial charge in [0, 0.05) is 23.3 Å². The van der Waals surface area contributed by atoms with E-state index in [0.29, 0.717) is 36.0 Å². The molecule has 0 aromatic heterocycles. The van der Waals surface area contributed by atoms with Crippen molar-refractivity contribution in [2.75, 3.05) is 0 Å². The van der Waals surface area contributed by atoms with Crippen LogP contribution in [0.4, 0.5) is 0 Å². The lowest BCUT2D eigenvalue weighted by atomic mass is 9.43. The molecule has 2 saturated carbocycles. The molecule has 0 aromatic rings. The number of carboxylic acid groups (broad SMARTS) is 1. The third kappa shape index (κ3) is 3.49. The van der Waals surface area contributed by atoms with Gasteiger partial charge in [-0.3, -0.25) is 4.79 Å². The van der Waals surface area contributed by atoms with Gasteiger partial charge in [0.1, 0.15) is 12.1 Å². The number of allylic oxidation sites excluding steroid dienone is 3. The maximum atomic E-state index is 12.8. The van der Waals surface area contributed by atoms with E-state index < -0.39 is 5.97 Å². The zero-order valence-corrected chi connectivity index (χ0v) is 22.1. The molecule has 34 heavy (non-hydrogen) atoms. The third-order valence-corrected chi connectivity index (χ3v) is 11.5. The Morgan fingerprint density at radius 1 is 1.03 bits per heavy atom. The van der Waals surface area contributed by atoms with Crippen LogP contribution in [0.3, 0.4) is 0 Å². The van der Waals surface area contributed by atoms with E-state index in [-0.39, 0.29) is 27.6 Å². The smallest absolute Gasteiger partial charge is 0.330 e. The number of fused-ring (bicyclic) bond motifs is 4. The van der Waals surface area contributed by atoms with Crippen molar-refractivity contribution >= 4 is 18.0 Å². The molecule has 0 aliphatic heterocycles. The van der Waals surface area contributed by atoms with E-state index in [1.54, 1.807) is 24.1 Å². The van der Waals surface area contributed by atoms with Gasteiger partial charge < -0.3 is 9.90 Å². The van der Waals surface area contributed by atoms with Gasteiger partial charge in [-0.05, 0) is 92.8 Å². The number of aldehydes is 1. The van der Waals surface area contributed by atoms with Crippen LogP contribution in [0.1, 0.15) is 106 Å². The van der Waals surface area contributed by atoms with E-state index in [9.17, 15) is 14.4 Å². The first kappa shape index (κ1) is 25.4. The third-order valence-electron chi connectivity index (χ3n) is 11.5. The quantitative estimate of drug-likeness (QED) is 0.261. The van der Waals surface area contributed by atoms with Gasteiger partial charge in [-0.15, -0.1) is 0 Å². The number of hydrogen-bond acceptors (Lipinski definition) is 3. The van der Waals surface area contributed by atoms with E-state index in [2.05, 4.69) is 34.6 Å². The number of carbonyl (C=O) groups is 3. The van der Waals surface area contributed by atoms with E-state index >= 15 is 0 Å². The Kier molecular flexibility index (Phi) is 6.31. The Balaban J connectivity index is 1.64. The first-order valence-corrected chi connectivity index (χ1v) is 13.4. The lowest BCUT2D eigenvalue weighted by Crippen LogP contribution is -2.54. The minimum atomic E-state index is -0.883. The molecule has 4 aliphatic carbocycles. The Hall–Kier alpha value is -1.71. The van der Waals surface area contributed by atoms with E-state index in [0.717, 1.165) is 57.7 Å². The Labute approximate surface area is 205 Å². The SMILES string of the molecule is C/C(=C/CC[C@H](C=O)[C@@H]1CC[C@]2(C)C3=C(CC[C@@]12C)[C@@]1(C)CCC(=O)C(C)(C)C1CC3)C(=O)O. The summed E-state index contributed by atoms with van der Waals surface area (Å²) < 4.78 is 0. The predicted octanol–water partition coefficient (Wildman–Crippen LogP) is 6.93. The van der Waals surface area contributed by atoms with Crippen LogP contribution in [0.5, 0.6) is 0 Å². The molecule has 6 atom stereocenters. The molecule has 1 N–H and O–H groups in total. The van der Waals surface area contributed by atoms with Gasteiger partial charge >= 0.3 is 5.97 Å². The molecule has 2 fully saturated rings. The topological polar surface area (TPSA) is 71.4 Å². The van der Waals surface area contributed by atoms with Crippen LogP contribution in [0.2, 0.25) is 0 Å². The summed E-state index contributed by atoms with van der Waals surface area (Å²) >= 11 is 0. The lowest BCUT2D eigenvalue weighted by Gasteiger charge is -2.60. The molecule has 0 aromatic carbocycles. The van der Waals surface area contributed by atoms with Gasteiger partial charge in [-0.25, -0.2) is 4.79 Å². The van der Waals surface area contributed by atoms with Crippen LogP contribution in [0.15, 0.2) is 22.8 Å². The van der Waals surface area contributed by atoms with Gasteiger partial charge in [-0.2, -0.15) is 0 Å². The van der Waals surface area contributed by atoms with Crippen LogP contribution < -0.4 is 0 Å². The van der Waals surface area contributed by atoms with Crippen molar-refractivity contribution in [2.45, 2.75) is 106 Å². The number of aliphatic carboxylic acids is 1. The van der Waals surface area contributed by atoms with E-state index in [4.69, 9.17) is 5.11 Å². The van der Waals surface area contributed by atoms with Gasteiger partial charge in [0.25, 0.3) is 0 Å². The molecule has 4 heteroatoms. The fourth-order valence-corrected chi connectivity index (χ4v) is 9.16. The van der Waals surface area contributed by atoms with E-state index in [1.807, 2.05) is 0 Å². The molecule has 4 aliphatic rings. The van der Waals surface area contributed by atoms with E-state index in [1.165, 1.54) is 0 Å². The average Bonchev–Trinajstić information content (AvgIpc) is 3.05. The monoisotopic (exact) mass is 468 g/mol. The van der Waals surface area contributed by atoms with Crippen LogP contribution in [0.25, 0.3) is 0 Å². The zero-order chi connectivity index (χ0) is 25.1. The van der Waals surface area contributed by atoms with Crippen molar-refractivity contribution in [3.8, 4) is 0 Å². The van der Waals surface area contributed by atoms with Crippen molar-refractivity contribution in [2.24, 2.45) is 39.4 Å². The van der Waals surface area contributed by atoms with Crippen molar-refractivity contribution in [3.05, 3.63) is 22.8 Å². The minimum Gasteiger partial charge on any atom is -0.478 e. The zero-order valence-electron chi connectivity index (χ0n) is 22.1. The average molecular weight is 469 g/mol. The van der Waals surface area contributed by atoms with Crippen LogP contribution in [-0.4, -0.2) is 23.1 Å². The van der Waals surface area contributed by atoms with Crippen molar-refractivity contribution < 1.29 is 19.5 Å². The normalized spacial score (nSPS) is 40.3. The number of Topliss-reactive ketones (excluding diaryl/α,β-unsaturated/α-hetero) is 1. The van der Waals surface area contributed by atoms with Crippen LogP contribution in [-0.2, 0) is 14.4 Å². The summed E-state index contributed by atoms with van der Waals surface area (Å²) in [6.07, 6.45) is 12.6. The highest BCUT2D eigenvalue weighted by Gasteiger charge is 2.63. The molecule has 4 nitrogen and oxygen atoms in total. The Morgan fingerprint density at radius 3 is 2.38 bits per heavy atom. The maximum absolute atomic E-state index is 12.8. The molecule has 188 valence electrons. The molecular formula is C30H44O4. The van der Waals surface area contributed by atoms with Gasteiger partial charge in [-0.1, -0.05) is 51.8 Å². The summed E-state index contributed by atoms with van der Waals surface area (Å²) in [5, 5.41) is 9.14. The molecule has 0 spiro atoms. The number of rotatable bonds is 6. The number of carboxylic acids is 1. The Bertz CT molecular complexity index is 955. The van der Waals surface area contributed by atoms with Gasteiger partial charge in [0.15, 0.2) is 0 Å². The van der Waals surface area contributed by atoms with Crippen molar-refractivity contribution in [3.63, 3.8) is 0 Å². The second-order valence-electron chi connectivity index (χ2n) is 13.1. The first-order valence-electron chi connectivity index (χ1n) is 13.4. The first-order chi connectivity index (χ1) is 15.8. The summed E-state index contributed by atoms with van der Waals surface area (Å²) in [4.78, 5) is 36.2. The molecule has 0 heterocycles. The molecule has 0 radical (unpaired) electrons. The predicted molar refractivity (Wildman–Crippen MR) is 134 cm³/mol. The summed E-state index contributed by atoms with van der Waals surface area (Å²) in [7, 11) is 0. The fourth-order valence-electron chi connectivity index (χ4n) is 9.16. The van der Waals surface area contributed by atoms with Crippen molar-refractivity contribution in [1.82, 2.24) is 0 Å². The fraction of sp³-hybridized carbons (Fsp3) is 0.767. The standard InChI is InChI=1S/C30H44O4/c1-19(26(33)34)8-7-9-20(18-31)21-12-16-30(6)23-10-11-24-27(2,3)25(32)14-15-28(24,4)22(23)13-17-29(21,30)5/h8,18,20-21,24H,7,9-17H2,1-6H3,(H,33,34)/b19-8-/t20-,21+,24?,28-,29+,30-/m1/s1. The molecule has 4 rings (SSSR count). The molecule has 0 bridgehead atoms. The van der Waals surface area contributed by atoms with Crippen LogP contribution in [0, 0.1) is 39.4 Å². The highest BCUT2D eigenvalue weighted by atomic mass is 16.4. The highest BCUT2D eigenvalue weighted by molar-refractivity contribution is 5.86. The van der Waals surface area contributed by atoms with Gasteiger partial charge in [0.2, 0.25) is 0 Å². The van der Waals surface area contributed by atoms with Crippen LogP contribution >= 0.6 is 0 Å². The number of ketones is 1. The summed E-state index contributed by atoms with van der Waals surface area (Å²) in [5.41, 5.74) is 3.77. The summed E-state index contributed by atoms with van der Waals surface area (Å²) in [6, 6.07) is 0. The highest BCUT2D eigenvalue weighted by Crippen LogP contribution is 2.72. The molecule has 0 amide bonds. The number of hydrogen-bond donors (Lipinski definition) is 1. The molecule has 1 unspecified atom stereocenters. The van der Waals surface area contributed by atoms with Gasteiger partial charge in [0.05, 0.1) is 0 Å². The lowest BCUT2D eigenvalue weighted by molar-refractivity contribution is -0.139. The van der Waals surface area contributed by atoms with Crippen molar-refractivity contribution in [1.29, 1.82) is 0 Å². The maximum Gasteiger partial charge on any atom is 0.330 e. The summed E-state index contributed by atoms with van der Waals surface area (Å²) in [6.45, 7) is 13.3. The minimum absolute atomic E-state index is 0.0232. The second-order valence-corrected chi connectivity index (χ2v) is 13.1. The second kappa shape index (κ2) is 8.45. The number of carbonyl (C=O) groups excluding carboxylic acids is 2. The molecule has 0 saturated heterocycles.